The van der Waals surface area contributed by atoms with Crippen molar-refractivity contribution < 1.29 is 9.85 Å². The Morgan fingerprint density at radius 1 is 1.25 bits per heavy atom. The second-order valence-electron chi connectivity index (χ2n) is 3.01. The Morgan fingerprint density at radius 2 is 1.94 bits per heavy atom. The number of benzene rings is 1. The number of nitro benzene ring substituents is 2. The zero-order chi connectivity index (χ0) is 12.1. The maximum atomic E-state index is 10.7. The molecule has 16 heavy (non-hydrogen) atoms. The molecule has 0 fully saturated rings. The van der Waals surface area contributed by atoms with Gasteiger partial charge in [-0.1, -0.05) is 6.92 Å². The topological polar surface area (TPSA) is 86.3 Å². The largest absolute Gasteiger partial charge is 0.289 e. The minimum Gasteiger partial charge on any atom is -0.258 e. The molecule has 0 aliphatic carbocycles. The molecule has 1 aromatic carbocycles. The van der Waals surface area contributed by atoms with Crippen LogP contribution in [-0.4, -0.2) is 15.6 Å². The quantitative estimate of drug-likeness (QED) is 0.450. The van der Waals surface area contributed by atoms with Gasteiger partial charge in [0.2, 0.25) is 0 Å². The van der Waals surface area contributed by atoms with E-state index in [2.05, 4.69) is 0 Å². The first-order chi connectivity index (χ1) is 7.56. The molecule has 0 aliphatic rings. The highest BCUT2D eigenvalue weighted by atomic mass is 32.2. The molecule has 1 aromatic rings. The number of non-ortho nitro benzene ring substituents is 1. The predicted octanol–water partition coefficient (Wildman–Crippen LogP) is 3.01. The second-order valence-corrected chi connectivity index (χ2v) is 4.15. The lowest BCUT2D eigenvalue weighted by molar-refractivity contribution is -0.396. The molecule has 1 rings (SSSR count). The standard InChI is InChI=1S/C9H10N2O4S/c1-2-5-16-9-4-3-7(10(12)13)6-8(9)11(14)15/h3-4,6H,2,5H2,1H3. The van der Waals surface area contributed by atoms with Gasteiger partial charge in [-0.25, -0.2) is 0 Å². The van der Waals surface area contributed by atoms with Crippen molar-refractivity contribution in [3.63, 3.8) is 0 Å². The Morgan fingerprint density at radius 3 is 2.44 bits per heavy atom. The van der Waals surface area contributed by atoms with E-state index >= 15 is 0 Å². The van der Waals surface area contributed by atoms with Crippen molar-refractivity contribution in [3.05, 3.63) is 38.4 Å². The Bertz CT molecular complexity index is 422. The summed E-state index contributed by atoms with van der Waals surface area (Å²) in [6.45, 7) is 1.96. The molecule has 6 nitrogen and oxygen atoms in total. The van der Waals surface area contributed by atoms with E-state index in [1.807, 2.05) is 6.92 Å². The van der Waals surface area contributed by atoms with E-state index in [1.165, 1.54) is 23.9 Å². The summed E-state index contributed by atoms with van der Waals surface area (Å²) in [4.78, 5) is 20.4. The van der Waals surface area contributed by atoms with Crippen LogP contribution in [0.2, 0.25) is 0 Å². The fourth-order valence-corrected chi connectivity index (χ4v) is 1.97. The van der Waals surface area contributed by atoms with Gasteiger partial charge in [0.25, 0.3) is 11.4 Å². The van der Waals surface area contributed by atoms with Crippen molar-refractivity contribution in [3.8, 4) is 0 Å². The summed E-state index contributed by atoms with van der Waals surface area (Å²) < 4.78 is 0. The fraction of sp³-hybridized carbons (Fsp3) is 0.333. The second kappa shape index (κ2) is 5.45. The smallest absolute Gasteiger partial charge is 0.258 e. The highest BCUT2D eigenvalue weighted by Crippen LogP contribution is 2.32. The van der Waals surface area contributed by atoms with Gasteiger partial charge in [-0.2, -0.15) is 0 Å². The number of hydrogen-bond acceptors (Lipinski definition) is 5. The molecule has 0 heterocycles. The molecular formula is C9H10N2O4S. The van der Waals surface area contributed by atoms with Crippen LogP contribution in [0.4, 0.5) is 11.4 Å². The summed E-state index contributed by atoms with van der Waals surface area (Å²) in [5, 5.41) is 21.2. The van der Waals surface area contributed by atoms with E-state index < -0.39 is 9.85 Å². The number of nitrogens with zero attached hydrogens (tertiary/aromatic N) is 2. The van der Waals surface area contributed by atoms with Gasteiger partial charge in [-0.3, -0.25) is 20.2 Å². The van der Waals surface area contributed by atoms with Gasteiger partial charge in [-0.05, 0) is 18.2 Å². The van der Waals surface area contributed by atoms with E-state index in [0.29, 0.717) is 4.90 Å². The van der Waals surface area contributed by atoms with Crippen molar-refractivity contribution in [2.45, 2.75) is 18.2 Å². The lowest BCUT2D eigenvalue weighted by Gasteiger charge is -2.01. The molecule has 0 radical (unpaired) electrons. The minimum atomic E-state index is -0.638. The van der Waals surface area contributed by atoms with Crippen LogP contribution < -0.4 is 0 Å². The molecule has 0 bridgehead atoms. The molecule has 0 amide bonds. The molecule has 7 heteroatoms. The van der Waals surface area contributed by atoms with Gasteiger partial charge >= 0.3 is 0 Å². The van der Waals surface area contributed by atoms with Crippen LogP contribution in [0.3, 0.4) is 0 Å². The number of rotatable bonds is 5. The summed E-state index contributed by atoms with van der Waals surface area (Å²) in [5.74, 6) is 0.749. The van der Waals surface area contributed by atoms with E-state index in [-0.39, 0.29) is 11.4 Å². The van der Waals surface area contributed by atoms with Crippen LogP contribution >= 0.6 is 11.8 Å². The average molecular weight is 242 g/mol. The molecule has 0 spiro atoms. The van der Waals surface area contributed by atoms with Crippen LogP contribution in [0.5, 0.6) is 0 Å². The minimum absolute atomic E-state index is 0.201. The van der Waals surface area contributed by atoms with Crippen molar-refractivity contribution in [1.82, 2.24) is 0 Å². The third kappa shape index (κ3) is 2.93. The van der Waals surface area contributed by atoms with Gasteiger partial charge in [0.1, 0.15) is 0 Å². The number of nitro groups is 2. The van der Waals surface area contributed by atoms with Crippen LogP contribution in [0.25, 0.3) is 0 Å². The molecule has 0 saturated carbocycles. The van der Waals surface area contributed by atoms with Crippen LogP contribution in [0.15, 0.2) is 23.1 Å². The normalized spacial score (nSPS) is 10.1. The summed E-state index contributed by atoms with van der Waals surface area (Å²) in [6.07, 6.45) is 0.888. The van der Waals surface area contributed by atoms with Gasteiger partial charge in [0, 0.05) is 6.07 Å². The van der Waals surface area contributed by atoms with Gasteiger partial charge in [0.15, 0.2) is 0 Å². The fourth-order valence-electron chi connectivity index (χ4n) is 1.10. The zero-order valence-corrected chi connectivity index (χ0v) is 9.40. The van der Waals surface area contributed by atoms with Gasteiger partial charge in [0.05, 0.1) is 20.8 Å². The number of thioether (sulfide) groups is 1. The summed E-state index contributed by atoms with van der Waals surface area (Å²) in [5.41, 5.74) is -0.458. The zero-order valence-electron chi connectivity index (χ0n) is 8.58. The Hall–Kier alpha value is -1.63. The molecule has 0 aromatic heterocycles. The Labute approximate surface area is 96.0 Å². The Kier molecular flexibility index (Phi) is 4.24. The molecule has 0 aliphatic heterocycles. The van der Waals surface area contributed by atoms with Crippen molar-refractivity contribution in [2.75, 3.05) is 5.75 Å². The first-order valence-electron chi connectivity index (χ1n) is 4.62. The van der Waals surface area contributed by atoms with Crippen LogP contribution in [-0.2, 0) is 0 Å². The average Bonchev–Trinajstić information content (AvgIpc) is 2.25. The van der Waals surface area contributed by atoms with Crippen LogP contribution in [0.1, 0.15) is 13.3 Å². The molecule has 86 valence electrons. The Balaban J connectivity index is 3.09. The third-order valence-electron chi connectivity index (χ3n) is 1.81. The predicted molar refractivity (Wildman–Crippen MR) is 60.8 cm³/mol. The third-order valence-corrected chi connectivity index (χ3v) is 3.08. The molecule has 0 atom stereocenters. The van der Waals surface area contributed by atoms with Crippen molar-refractivity contribution in [2.24, 2.45) is 0 Å². The van der Waals surface area contributed by atoms with Crippen LogP contribution in [0, 0.1) is 20.2 Å². The van der Waals surface area contributed by atoms with Crippen molar-refractivity contribution >= 4 is 23.1 Å². The number of hydrogen-bond donors (Lipinski definition) is 0. The van der Waals surface area contributed by atoms with E-state index in [0.717, 1.165) is 18.2 Å². The first-order valence-corrected chi connectivity index (χ1v) is 5.60. The SMILES string of the molecule is CCCSc1ccc([N+](=O)[O-])cc1[N+](=O)[O-]. The maximum absolute atomic E-state index is 10.7. The molecule has 0 N–H and O–H groups in total. The first kappa shape index (κ1) is 12.4. The summed E-state index contributed by atoms with van der Waals surface area (Å²) >= 11 is 1.33. The monoisotopic (exact) mass is 242 g/mol. The lowest BCUT2D eigenvalue weighted by atomic mass is 10.3. The molecule has 0 unspecified atom stereocenters. The lowest BCUT2D eigenvalue weighted by Crippen LogP contribution is -1.94. The highest BCUT2D eigenvalue weighted by molar-refractivity contribution is 7.99. The summed E-state index contributed by atoms with van der Waals surface area (Å²) in [7, 11) is 0. The van der Waals surface area contributed by atoms with E-state index in [9.17, 15) is 20.2 Å². The van der Waals surface area contributed by atoms with Crippen molar-refractivity contribution in [1.29, 1.82) is 0 Å². The van der Waals surface area contributed by atoms with Gasteiger partial charge in [-0.15, -0.1) is 11.8 Å². The molecular weight excluding hydrogens is 232 g/mol. The van der Waals surface area contributed by atoms with E-state index in [1.54, 1.807) is 0 Å². The van der Waals surface area contributed by atoms with Gasteiger partial charge < -0.3 is 0 Å². The van der Waals surface area contributed by atoms with E-state index in [4.69, 9.17) is 0 Å². The highest BCUT2D eigenvalue weighted by Gasteiger charge is 2.19. The molecule has 0 saturated heterocycles. The summed E-state index contributed by atoms with van der Waals surface area (Å²) in [6, 6.07) is 3.71. The maximum Gasteiger partial charge on any atom is 0.289 e.